The summed E-state index contributed by atoms with van der Waals surface area (Å²) >= 11 is 0. The van der Waals surface area contributed by atoms with E-state index in [2.05, 4.69) is 81.5 Å². The highest BCUT2D eigenvalue weighted by Crippen LogP contribution is 2.25. The second-order valence-corrected chi connectivity index (χ2v) is 8.08. The highest BCUT2D eigenvalue weighted by Gasteiger charge is 2.32. The van der Waals surface area contributed by atoms with Crippen LogP contribution in [0.5, 0.6) is 0 Å². The second-order valence-electron chi connectivity index (χ2n) is 8.08. The van der Waals surface area contributed by atoms with E-state index in [-0.39, 0.29) is 17.5 Å². The van der Waals surface area contributed by atoms with Crippen LogP contribution in [0, 0.1) is 0 Å². The van der Waals surface area contributed by atoms with Crippen LogP contribution in [0.4, 0.5) is 4.79 Å². The molecule has 0 aromatic heterocycles. The zero-order chi connectivity index (χ0) is 18.0. The number of hydrogen-bond donors (Lipinski definition) is 1. The monoisotopic (exact) mass is 336 g/mol. The molecule has 3 nitrogen and oxygen atoms in total. The molecule has 1 heterocycles. The van der Waals surface area contributed by atoms with Crippen LogP contribution in [-0.2, 0) is 12.0 Å². The molecule has 3 heteroatoms. The maximum Gasteiger partial charge on any atom is 0.318 e. The van der Waals surface area contributed by atoms with Crippen LogP contribution >= 0.6 is 0 Å². The molecule has 0 aliphatic carbocycles. The first-order valence-corrected chi connectivity index (χ1v) is 9.04. The molecule has 1 aliphatic rings. The van der Waals surface area contributed by atoms with Crippen molar-refractivity contribution in [2.75, 3.05) is 6.54 Å². The molecule has 2 aromatic carbocycles. The van der Waals surface area contributed by atoms with Gasteiger partial charge in [0.2, 0.25) is 0 Å². The van der Waals surface area contributed by atoms with Gasteiger partial charge in [0.05, 0.1) is 6.04 Å². The lowest BCUT2D eigenvalue weighted by molar-refractivity contribution is 0.215. The Kier molecular flexibility index (Phi) is 4.85. The summed E-state index contributed by atoms with van der Waals surface area (Å²) in [5.41, 5.74) is 3.91. The SMILES string of the molecule is C[C@@H](c1ccccc1)C1CN(Cc2ccc(C(C)(C)C)cc2)C(=O)N1. The third-order valence-electron chi connectivity index (χ3n) is 5.14. The highest BCUT2D eigenvalue weighted by atomic mass is 16.2. The molecule has 2 atom stereocenters. The fourth-order valence-corrected chi connectivity index (χ4v) is 3.35. The average molecular weight is 336 g/mol. The number of nitrogens with one attached hydrogen (secondary N) is 1. The predicted octanol–water partition coefficient (Wildman–Crippen LogP) is 4.68. The van der Waals surface area contributed by atoms with Crippen molar-refractivity contribution in [1.29, 1.82) is 0 Å². The Morgan fingerprint density at radius 1 is 1.08 bits per heavy atom. The molecule has 0 radical (unpaired) electrons. The highest BCUT2D eigenvalue weighted by molar-refractivity contribution is 5.77. The first-order chi connectivity index (χ1) is 11.8. The van der Waals surface area contributed by atoms with Crippen LogP contribution in [0.2, 0.25) is 0 Å². The van der Waals surface area contributed by atoms with Crippen LogP contribution < -0.4 is 5.32 Å². The summed E-state index contributed by atoms with van der Waals surface area (Å²) < 4.78 is 0. The van der Waals surface area contributed by atoms with Crippen molar-refractivity contribution in [1.82, 2.24) is 10.2 Å². The maximum atomic E-state index is 12.4. The summed E-state index contributed by atoms with van der Waals surface area (Å²) in [5.74, 6) is 0.304. The van der Waals surface area contributed by atoms with Gasteiger partial charge in [-0.2, -0.15) is 0 Å². The van der Waals surface area contributed by atoms with Gasteiger partial charge in [-0.3, -0.25) is 0 Å². The summed E-state index contributed by atoms with van der Waals surface area (Å²) in [6.45, 7) is 10.2. The molecule has 132 valence electrons. The summed E-state index contributed by atoms with van der Waals surface area (Å²) in [4.78, 5) is 14.3. The van der Waals surface area contributed by atoms with Gasteiger partial charge in [-0.15, -0.1) is 0 Å². The first kappa shape index (κ1) is 17.5. The Balaban J connectivity index is 1.65. The van der Waals surface area contributed by atoms with Crippen molar-refractivity contribution >= 4 is 6.03 Å². The number of carbonyl (C=O) groups excluding carboxylic acids is 1. The van der Waals surface area contributed by atoms with E-state index in [1.165, 1.54) is 16.7 Å². The van der Waals surface area contributed by atoms with E-state index in [0.717, 1.165) is 6.54 Å². The third-order valence-corrected chi connectivity index (χ3v) is 5.14. The standard InChI is InChI=1S/C22H28N2O/c1-16(18-8-6-5-7-9-18)20-15-24(21(25)23-20)14-17-10-12-19(13-11-17)22(2,3)4/h5-13,16,20H,14-15H2,1-4H3,(H,23,25)/t16-,20?/m0/s1. The van der Waals surface area contributed by atoms with E-state index in [1.807, 2.05) is 11.0 Å². The maximum absolute atomic E-state index is 12.4. The summed E-state index contributed by atoms with van der Waals surface area (Å²) in [6, 6.07) is 19.2. The summed E-state index contributed by atoms with van der Waals surface area (Å²) in [6.07, 6.45) is 0. The second kappa shape index (κ2) is 6.91. The minimum Gasteiger partial charge on any atom is -0.333 e. The molecular formula is C22H28N2O. The number of hydrogen-bond acceptors (Lipinski definition) is 1. The zero-order valence-corrected chi connectivity index (χ0v) is 15.6. The zero-order valence-electron chi connectivity index (χ0n) is 15.6. The molecule has 1 aliphatic heterocycles. The molecule has 1 unspecified atom stereocenters. The van der Waals surface area contributed by atoms with Crippen LogP contribution in [0.3, 0.4) is 0 Å². The number of nitrogens with zero attached hydrogens (tertiary/aromatic N) is 1. The number of rotatable bonds is 4. The van der Waals surface area contributed by atoms with Gasteiger partial charge in [-0.05, 0) is 22.1 Å². The normalized spacial score (nSPS) is 19.0. The molecule has 0 spiro atoms. The van der Waals surface area contributed by atoms with Crippen LogP contribution in [0.25, 0.3) is 0 Å². The lowest BCUT2D eigenvalue weighted by atomic mass is 9.87. The van der Waals surface area contributed by atoms with Gasteiger partial charge in [0.1, 0.15) is 0 Å². The minimum absolute atomic E-state index is 0.0349. The van der Waals surface area contributed by atoms with Gasteiger partial charge in [-0.25, -0.2) is 4.79 Å². The van der Waals surface area contributed by atoms with Crippen molar-refractivity contribution in [2.45, 2.75) is 51.6 Å². The van der Waals surface area contributed by atoms with Gasteiger partial charge in [0.15, 0.2) is 0 Å². The first-order valence-electron chi connectivity index (χ1n) is 9.04. The van der Waals surface area contributed by atoms with Gasteiger partial charge in [-0.1, -0.05) is 82.3 Å². The summed E-state index contributed by atoms with van der Waals surface area (Å²) in [5, 5.41) is 3.15. The quantitative estimate of drug-likeness (QED) is 0.864. The fourth-order valence-electron chi connectivity index (χ4n) is 3.35. The Hall–Kier alpha value is -2.29. The number of carbonyl (C=O) groups is 1. The van der Waals surface area contributed by atoms with Gasteiger partial charge >= 0.3 is 6.03 Å². The molecule has 0 saturated carbocycles. The molecule has 1 fully saturated rings. The molecule has 25 heavy (non-hydrogen) atoms. The van der Waals surface area contributed by atoms with E-state index in [4.69, 9.17) is 0 Å². The molecule has 3 rings (SSSR count). The number of urea groups is 1. The predicted molar refractivity (Wildman–Crippen MR) is 103 cm³/mol. The van der Waals surface area contributed by atoms with Gasteiger partial charge in [0.25, 0.3) is 0 Å². The smallest absolute Gasteiger partial charge is 0.318 e. The number of amides is 2. The van der Waals surface area contributed by atoms with Crippen molar-refractivity contribution in [3.05, 3.63) is 71.3 Å². The lowest BCUT2D eigenvalue weighted by Crippen LogP contribution is -2.31. The third kappa shape index (κ3) is 4.04. The largest absolute Gasteiger partial charge is 0.333 e. The summed E-state index contributed by atoms with van der Waals surface area (Å²) in [7, 11) is 0. The van der Waals surface area contributed by atoms with E-state index < -0.39 is 0 Å². The topological polar surface area (TPSA) is 32.3 Å². The Bertz CT molecular complexity index is 716. The molecule has 1 saturated heterocycles. The van der Waals surface area contributed by atoms with Crippen LogP contribution in [0.15, 0.2) is 54.6 Å². The van der Waals surface area contributed by atoms with Gasteiger partial charge < -0.3 is 10.2 Å². The molecular weight excluding hydrogens is 308 g/mol. The van der Waals surface area contributed by atoms with Crippen LogP contribution in [-0.4, -0.2) is 23.5 Å². The van der Waals surface area contributed by atoms with E-state index in [0.29, 0.717) is 12.5 Å². The molecule has 0 bridgehead atoms. The van der Waals surface area contributed by atoms with Crippen molar-refractivity contribution < 1.29 is 4.79 Å². The van der Waals surface area contributed by atoms with Crippen molar-refractivity contribution in [3.63, 3.8) is 0 Å². The Morgan fingerprint density at radius 3 is 2.32 bits per heavy atom. The lowest BCUT2D eigenvalue weighted by Gasteiger charge is -2.21. The van der Waals surface area contributed by atoms with E-state index in [1.54, 1.807) is 0 Å². The van der Waals surface area contributed by atoms with E-state index in [9.17, 15) is 4.79 Å². The van der Waals surface area contributed by atoms with E-state index >= 15 is 0 Å². The van der Waals surface area contributed by atoms with Crippen LogP contribution in [0.1, 0.15) is 50.3 Å². The average Bonchev–Trinajstić information content (AvgIpc) is 2.95. The van der Waals surface area contributed by atoms with Gasteiger partial charge in [0, 0.05) is 19.0 Å². The molecule has 2 aromatic rings. The number of benzene rings is 2. The van der Waals surface area contributed by atoms with Crippen molar-refractivity contribution in [2.24, 2.45) is 0 Å². The van der Waals surface area contributed by atoms with Crippen molar-refractivity contribution in [3.8, 4) is 0 Å². The Labute approximate surface area is 151 Å². The Morgan fingerprint density at radius 2 is 1.72 bits per heavy atom. The minimum atomic E-state index is 0.0349. The fraction of sp³-hybridized carbons (Fsp3) is 0.409. The molecule has 1 N–H and O–H groups in total. The molecule has 2 amide bonds.